The van der Waals surface area contributed by atoms with E-state index in [0.29, 0.717) is 5.41 Å². The predicted octanol–water partition coefficient (Wildman–Crippen LogP) is 4.13. The summed E-state index contributed by atoms with van der Waals surface area (Å²) >= 11 is 7.75. The van der Waals surface area contributed by atoms with Gasteiger partial charge in [0.05, 0.1) is 5.69 Å². The molecule has 1 aliphatic carbocycles. The van der Waals surface area contributed by atoms with Gasteiger partial charge in [0, 0.05) is 4.88 Å². The summed E-state index contributed by atoms with van der Waals surface area (Å²) in [7, 11) is 0. The van der Waals surface area contributed by atoms with Crippen molar-refractivity contribution in [2.24, 2.45) is 11.3 Å². The van der Waals surface area contributed by atoms with E-state index in [1.807, 2.05) is 0 Å². The summed E-state index contributed by atoms with van der Waals surface area (Å²) in [4.78, 5) is 1.42. The van der Waals surface area contributed by atoms with Crippen LogP contribution >= 0.6 is 22.9 Å². The maximum Gasteiger partial charge on any atom is 0.116 e. The molecule has 0 aliphatic heterocycles. The van der Waals surface area contributed by atoms with Gasteiger partial charge >= 0.3 is 0 Å². The second kappa shape index (κ2) is 3.67. The quantitative estimate of drug-likeness (QED) is 0.728. The fraction of sp³-hybridized carbons (Fsp3) is 0.667. The molecule has 0 aromatic carbocycles. The predicted molar refractivity (Wildman–Crippen MR) is 68.7 cm³/mol. The third-order valence-corrected chi connectivity index (χ3v) is 4.98. The van der Waals surface area contributed by atoms with E-state index in [2.05, 4.69) is 20.8 Å². The summed E-state index contributed by atoms with van der Waals surface area (Å²) in [6.07, 6.45) is 3.50. The average molecular weight is 244 g/mol. The highest BCUT2D eigenvalue weighted by atomic mass is 35.5. The topological polar surface area (TPSA) is 26.0 Å². The zero-order chi connectivity index (χ0) is 11.2. The Labute approximate surface area is 101 Å². The maximum atomic E-state index is 6.08. The average Bonchev–Trinajstić information content (AvgIpc) is 2.41. The lowest BCUT2D eigenvalue weighted by atomic mass is 9.72. The third-order valence-electron chi connectivity index (χ3n) is 3.49. The van der Waals surface area contributed by atoms with Crippen molar-refractivity contribution in [3.63, 3.8) is 0 Å². The zero-order valence-electron chi connectivity index (χ0n) is 9.56. The second-order valence-corrected chi connectivity index (χ2v) is 7.20. The van der Waals surface area contributed by atoms with E-state index < -0.39 is 0 Å². The first-order valence-corrected chi connectivity index (χ1v) is 6.64. The van der Waals surface area contributed by atoms with Gasteiger partial charge < -0.3 is 5.73 Å². The van der Waals surface area contributed by atoms with E-state index in [-0.39, 0.29) is 0 Å². The van der Waals surface area contributed by atoms with E-state index in [1.165, 1.54) is 16.9 Å². The van der Waals surface area contributed by atoms with Gasteiger partial charge in [-0.05, 0) is 36.2 Å². The molecule has 0 saturated heterocycles. The Bertz CT molecular complexity index is 376. The number of nitrogen functional groups attached to an aromatic ring is 1. The van der Waals surface area contributed by atoms with Crippen LogP contribution in [-0.4, -0.2) is 0 Å². The van der Waals surface area contributed by atoms with Gasteiger partial charge in [0.15, 0.2) is 0 Å². The maximum absolute atomic E-state index is 6.08. The molecule has 1 nitrogen and oxygen atoms in total. The molecule has 1 aromatic rings. The highest BCUT2D eigenvalue weighted by Crippen LogP contribution is 2.44. The monoisotopic (exact) mass is 243 g/mol. The lowest BCUT2D eigenvalue weighted by molar-refractivity contribution is 0.218. The molecule has 0 spiro atoms. The molecular formula is C12H18ClNS. The Hall–Kier alpha value is -0.210. The molecule has 0 bridgehead atoms. The van der Waals surface area contributed by atoms with Gasteiger partial charge in [-0.3, -0.25) is 0 Å². The van der Waals surface area contributed by atoms with E-state index in [1.54, 1.807) is 11.3 Å². The SMILES string of the molecule is CC(C)(C)C1CCc2c(sc(Cl)c2N)C1. The van der Waals surface area contributed by atoms with Crippen LogP contribution in [0.2, 0.25) is 4.34 Å². The van der Waals surface area contributed by atoms with Crippen LogP contribution < -0.4 is 5.73 Å². The minimum atomic E-state index is 0.392. The lowest BCUT2D eigenvalue weighted by Gasteiger charge is -2.33. The first-order chi connectivity index (χ1) is 6.89. The van der Waals surface area contributed by atoms with Gasteiger partial charge in [0.2, 0.25) is 0 Å². The molecule has 1 heterocycles. The molecule has 0 amide bonds. The molecule has 2 rings (SSSR count). The van der Waals surface area contributed by atoms with Crippen molar-refractivity contribution >= 4 is 28.6 Å². The Balaban J connectivity index is 2.28. The molecule has 0 fully saturated rings. The Morgan fingerprint density at radius 1 is 1.40 bits per heavy atom. The van der Waals surface area contributed by atoms with Crippen LogP contribution in [0.3, 0.4) is 0 Å². The van der Waals surface area contributed by atoms with Crippen LogP contribution in [0.15, 0.2) is 0 Å². The van der Waals surface area contributed by atoms with Gasteiger partial charge in [-0.15, -0.1) is 11.3 Å². The smallest absolute Gasteiger partial charge is 0.116 e. The van der Waals surface area contributed by atoms with E-state index >= 15 is 0 Å². The van der Waals surface area contributed by atoms with Crippen LogP contribution in [0.1, 0.15) is 37.6 Å². The number of halogens is 1. The fourth-order valence-corrected chi connectivity index (χ4v) is 3.78. The molecular weight excluding hydrogens is 226 g/mol. The Morgan fingerprint density at radius 3 is 2.67 bits per heavy atom. The van der Waals surface area contributed by atoms with Gasteiger partial charge in [-0.25, -0.2) is 0 Å². The molecule has 15 heavy (non-hydrogen) atoms. The van der Waals surface area contributed by atoms with Crippen molar-refractivity contribution in [1.29, 1.82) is 0 Å². The first-order valence-electron chi connectivity index (χ1n) is 5.45. The van der Waals surface area contributed by atoms with Crippen molar-refractivity contribution in [3.8, 4) is 0 Å². The number of thiophene rings is 1. The van der Waals surface area contributed by atoms with E-state index in [0.717, 1.165) is 28.8 Å². The summed E-state index contributed by atoms with van der Waals surface area (Å²) < 4.78 is 0.787. The van der Waals surface area contributed by atoms with Gasteiger partial charge in [0.1, 0.15) is 4.34 Å². The Kier molecular flexibility index (Phi) is 2.76. The number of anilines is 1. The van der Waals surface area contributed by atoms with Gasteiger partial charge in [0.25, 0.3) is 0 Å². The lowest BCUT2D eigenvalue weighted by Crippen LogP contribution is -2.26. The minimum Gasteiger partial charge on any atom is -0.397 e. The summed E-state index contributed by atoms with van der Waals surface area (Å²) in [5, 5.41) is 0. The van der Waals surface area contributed by atoms with Crippen molar-refractivity contribution < 1.29 is 0 Å². The third kappa shape index (κ3) is 2.02. The zero-order valence-corrected chi connectivity index (χ0v) is 11.1. The van der Waals surface area contributed by atoms with Crippen LogP contribution in [0, 0.1) is 11.3 Å². The highest BCUT2D eigenvalue weighted by molar-refractivity contribution is 7.17. The normalized spacial score (nSPS) is 21.5. The molecule has 0 saturated carbocycles. The molecule has 84 valence electrons. The van der Waals surface area contributed by atoms with Crippen LogP contribution in [0.5, 0.6) is 0 Å². The van der Waals surface area contributed by atoms with Crippen molar-refractivity contribution in [2.45, 2.75) is 40.0 Å². The van der Waals surface area contributed by atoms with Gasteiger partial charge in [-0.2, -0.15) is 0 Å². The molecule has 1 aromatic heterocycles. The van der Waals surface area contributed by atoms with Crippen LogP contribution in [0.4, 0.5) is 5.69 Å². The summed E-state index contributed by atoms with van der Waals surface area (Å²) in [6.45, 7) is 6.96. The molecule has 0 radical (unpaired) electrons. The minimum absolute atomic E-state index is 0.392. The van der Waals surface area contributed by atoms with E-state index in [9.17, 15) is 0 Å². The molecule has 1 unspecified atom stereocenters. The largest absolute Gasteiger partial charge is 0.397 e. The summed E-state index contributed by atoms with van der Waals surface area (Å²) in [5.74, 6) is 0.763. The highest BCUT2D eigenvalue weighted by Gasteiger charge is 2.31. The van der Waals surface area contributed by atoms with Crippen molar-refractivity contribution in [1.82, 2.24) is 0 Å². The Morgan fingerprint density at radius 2 is 2.07 bits per heavy atom. The van der Waals surface area contributed by atoms with Crippen molar-refractivity contribution in [3.05, 3.63) is 14.8 Å². The number of hydrogen-bond donors (Lipinski definition) is 1. The first kappa shape index (κ1) is 11.3. The fourth-order valence-electron chi connectivity index (χ4n) is 2.32. The standard InChI is InChI=1S/C12H18ClNS/c1-12(2,3)7-4-5-8-9(6-7)15-11(13)10(8)14/h7H,4-6,14H2,1-3H3. The molecule has 1 aliphatic rings. The summed E-state index contributed by atoms with van der Waals surface area (Å²) in [6, 6.07) is 0. The second-order valence-electron chi connectivity index (χ2n) is 5.50. The summed E-state index contributed by atoms with van der Waals surface area (Å²) in [5.41, 5.74) is 8.51. The molecule has 3 heteroatoms. The van der Waals surface area contributed by atoms with Crippen LogP contribution in [0.25, 0.3) is 0 Å². The molecule has 1 atom stereocenters. The number of fused-ring (bicyclic) bond motifs is 1. The van der Waals surface area contributed by atoms with Crippen molar-refractivity contribution in [2.75, 3.05) is 5.73 Å². The van der Waals surface area contributed by atoms with Gasteiger partial charge in [-0.1, -0.05) is 32.4 Å². The number of hydrogen-bond acceptors (Lipinski definition) is 2. The number of rotatable bonds is 0. The van der Waals surface area contributed by atoms with Crippen LogP contribution in [-0.2, 0) is 12.8 Å². The molecule has 2 N–H and O–H groups in total. The van der Waals surface area contributed by atoms with E-state index in [4.69, 9.17) is 17.3 Å². The number of nitrogens with two attached hydrogens (primary N) is 1.